The molecule has 98 valence electrons. The second-order valence-electron chi connectivity index (χ2n) is 3.85. The summed E-state index contributed by atoms with van der Waals surface area (Å²) in [7, 11) is 0. The molecule has 0 aliphatic rings. The molecule has 0 radical (unpaired) electrons. The van der Waals surface area contributed by atoms with E-state index in [-0.39, 0.29) is 5.75 Å². The minimum absolute atomic E-state index is 0.0487. The number of hydrogen-bond donors (Lipinski definition) is 0. The van der Waals surface area contributed by atoms with Crippen LogP contribution in [0.25, 0.3) is 0 Å². The van der Waals surface area contributed by atoms with E-state index >= 15 is 0 Å². The fraction of sp³-hybridized carbons (Fsp3) is 0.0714. The van der Waals surface area contributed by atoms with Crippen LogP contribution in [-0.4, -0.2) is 14.7 Å². The minimum atomic E-state index is -2.12. The van der Waals surface area contributed by atoms with Crippen LogP contribution in [0.15, 0.2) is 54.6 Å². The topological polar surface area (TPSA) is 66.4 Å². The molecule has 0 aliphatic heterocycles. The van der Waals surface area contributed by atoms with E-state index < -0.39 is 17.0 Å². The van der Waals surface area contributed by atoms with Gasteiger partial charge in [-0.1, -0.05) is 41.4 Å². The van der Waals surface area contributed by atoms with Crippen molar-refractivity contribution in [1.82, 2.24) is 0 Å². The summed E-state index contributed by atoms with van der Waals surface area (Å²) in [6.07, 6.45) is 0. The largest absolute Gasteiger partial charge is 0.772 e. The van der Waals surface area contributed by atoms with Crippen LogP contribution in [0.3, 0.4) is 0 Å². The van der Waals surface area contributed by atoms with Crippen molar-refractivity contribution in [3.63, 3.8) is 0 Å². The van der Waals surface area contributed by atoms with Gasteiger partial charge in [-0.15, -0.1) is 0 Å². The van der Waals surface area contributed by atoms with Gasteiger partial charge < -0.3 is 9.29 Å². The molecule has 2 aromatic rings. The number of ether oxygens (including phenoxy) is 1. The maximum absolute atomic E-state index is 11.8. The monoisotopic (exact) mass is 275 g/mol. The lowest BCUT2D eigenvalue weighted by Crippen LogP contribution is -2.08. The Kier molecular flexibility index (Phi) is 4.43. The molecule has 0 saturated carbocycles. The van der Waals surface area contributed by atoms with Crippen molar-refractivity contribution in [3.05, 3.63) is 65.7 Å². The summed E-state index contributed by atoms with van der Waals surface area (Å²) in [6, 6.07) is 15.0. The molecule has 0 aromatic heterocycles. The van der Waals surface area contributed by atoms with Gasteiger partial charge in [0.2, 0.25) is 0 Å². The molecule has 0 N–H and O–H groups in total. The Hall–Kier alpha value is -1.98. The van der Waals surface area contributed by atoms with Crippen molar-refractivity contribution in [2.24, 2.45) is 0 Å². The second-order valence-corrected chi connectivity index (χ2v) is 4.74. The Balaban J connectivity index is 2.04. The molecule has 1 atom stereocenters. The highest BCUT2D eigenvalue weighted by molar-refractivity contribution is 7.78. The van der Waals surface area contributed by atoms with E-state index in [0.29, 0.717) is 16.9 Å². The van der Waals surface area contributed by atoms with Gasteiger partial charge in [0.15, 0.2) is 0 Å². The Labute approximate surface area is 113 Å². The van der Waals surface area contributed by atoms with Crippen molar-refractivity contribution in [2.75, 3.05) is 0 Å². The fourth-order valence-electron chi connectivity index (χ4n) is 1.53. The SMILES string of the molecule is O=C(Oc1ccc(CS(=O)[O-])cc1)c1ccccc1. The molecular formula is C14H11O4S-. The van der Waals surface area contributed by atoms with E-state index in [4.69, 9.17) is 4.74 Å². The Morgan fingerprint density at radius 2 is 1.68 bits per heavy atom. The fourth-order valence-corrected chi connectivity index (χ4v) is 1.99. The smallest absolute Gasteiger partial charge is 0.343 e. The Bertz CT molecular complexity index is 578. The van der Waals surface area contributed by atoms with Crippen LogP contribution in [0.5, 0.6) is 5.75 Å². The van der Waals surface area contributed by atoms with Gasteiger partial charge in [0.25, 0.3) is 0 Å². The number of carbonyl (C=O) groups excluding carboxylic acids is 1. The van der Waals surface area contributed by atoms with Crippen LogP contribution in [0.2, 0.25) is 0 Å². The van der Waals surface area contributed by atoms with E-state index in [2.05, 4.69) is 0 Å². The quantitative estimate of drug-likeness (QED) is 0.488. The number of benzene rings is 2. The normalized spacial score (nSPS) is 11.8. The zero-order chi connectivity index (χ0) is 13.7. The highest BCUT2D eigenvalue weighted by Gasteiger charge is 2.07. The summed E-state index contributed by atoms with van der Waals surface area (Å²) in [5.74, 6) is -0.109. The van der Waals surface area contributed by atoms with Crippen LogP contribution < -0.4 is 4.74 Å². The van der Waals surface area contributed by atoms with Gasteiger partial charge in [-0.3, -0.25) is 4.21 Å². The standard InChI is InChI=1S/C14H12O4S/c15-14(12-4-2-1-3-5-12)18-13-8-6-11(7-9-13)10-19(16)17/h1-9H,10H2,(H,16,17)/p-1. The minimum Gasteiger partial charge on any atom is -0.772 e. The predicted molar refractivity (Wildman–Crippen MR) is 70.5 cm³/mol. The Morgan fingerprint density at radius 1 is 1.05 bits per heavy atom. The summed E-state index contributed by atoms with van der Waals surface area (Å²) < 4.78 is 26.2. The molecule has 0 bridgehead atoms. The number of rotatable bonds is 4. The van der Waals surface area contributed by atoms with Crippen molar-refractivity contribution in [3.8, 4) is 5.75 Å². The third-order valence-electron chi connectivity index (χ3n) is 2.43. The molecule has 0 saturated heterocycles. The average molecular weight is 275 g/mol. The molecule has 1 unspecified atom stereocenters. The van der Waals surface area contributed by atoms with E-state index in [1.165, 1.54) is 0 Å². The lowest BCUT2D eigenvalue weighted by Gasteiger charge is -2.07. The van der Waals surface area contributed by atoms with Crippen LogP contribution in [-0.2, 0) is 16.8 Å². The molecule has 2 aromatic carbocycles. The molecule has 0 fully saturated rings. The van der Waals surface area contributed by atoms with Gasteiger partial charge in [0.05, 0.1) is 5.56 Å². The van der Waals surface area contributed by atoms with E-state index in [9.17, 15) is 13.6 Å². The predicted octanol–water partition coefficient (Wildman–Crippen LogP) is 2.28. The zero-order valence-electron chi connectivity index (χ0n) is 9.94. The first-order valence-electron chi connectivity index (χ1n) is 5.57. The van der Waals surface area contributed by atoms with Gasteiger partial charge >= 0.3 is 5.97 Å². The van der Waals surface area contributed by atoms with Crippen LogP contribution >= 0.6 is 0 Å². The van der Waals surface area contributed by atoms with Crippen molar-refractivity contribution in [1.29, 1.82) is 0 Å². The maximum atomic E-state index is 11.8. The van der Waals surface area contributed by atoms with Gasteiger partial charge in [-0.25, -0.2) is 4.79 Å². The Morgan fingerprint density at radius 3 is 2.26 bits per heavy atom. The van der Waals surface area contributed by atoms with Gasteiger partial charge in [0, 0.05) is 5.75 Å². The highest BCUT2D eigenvalue weighted by Crippen LogP contribution is 2.15. The maximum Gasteiger partial charge on any atom is 0.343 e. The van der Waals surface area contributed by atoms with Crippen molar-refractivity contribution >= 4 is 17.0 Å². The molecule has 0 amide bonds. The van der Waals surface area contributed by atoms with E-state index in [1.54, 1.807) is 48.5 Å². The molecular weight excluding hydrogens is 264 g/mol. The van der Waals surface area contributed by atoms with Crippen LogP contribution in [0, 0.1) is 0 Å². The summed E-state index contributed by atoms with van der Waals surface area (Å²) >= 11 is -2.12. The molecule has 0 heterocycles. The first kappa shape index (κ1) is 13.5. The summed E-state index contributed by atoms with van der Waals surface area (Å²) in [4.78, 5) is 11.8. The van der Waals surface area contributed by atoms with E-state index in [0.717, 1.165) is 0 Å². The molecule has 5 heteroatoms. The summed E-state index contributed by atoms with van der Waals surface area (Å²) in [5, 5.41) is 0. The van der Waals surface area contributed by atoms with E-state index in [1.807, 2.05) is 6.07 Å². The summed E-state index contributed by atoms with van der Waals surface area (Å²) in [6.45, 7) is 0. The van der Waals surface area contributed by atoms with Gasteiger partial charge in [0.1, 0.15) is 5.75 Å². The average Bonchev–Trinajstić information content (AvgIpc) is 2.41. The molecule has 0 aliphatic carbocycles. The van der Waals surface area contributed by atoms with Crippen molar-refractivity contribution in [2.45, 2.75) is 5.75 Å². The van der Waals surface area contributed by atoms with Gasteiger partial charge in [-0.05, 0) is 29.8 Å². The molecule has 2 rings (SSSR count). The number of hydrogen-bond acceptors (Lipinski definition) is 4. The first-order chi connectivity index (χ1) is 9.15. The molecule has 19 heavy (non-hydrogen) atoms. The third kappa shape index (κ3) is 4.01. The van der Waals surface area contributed by atoms with Crippen LogP contribution in [0.1, 0.15) is 15.9 Å². The summed E-state index contributed by atoms with van der Waals surface area (Å²) in [5.41, 5.74) is 1.11. The lowest BCUT2D eigenvalue weighted by atomic mass is 10.2. The lowest BCUT2D eigenvalue weighted by molar-refractivity contribution is 0.0734. The van der Waals surface area contributed by atoms with Crippen LogP contribution in [0.4, 0.5) is 0 Å². The van der Waals surface area contributed by atoms with Crippen molar-refractivity contribution < 1.29 is 18.3 Å². The highest BCUT2D eigenvalue weighted by atomic mass is 32.2. The third-order valence-corrected chi connectivity index (χ3v) is 3.00. The zero-order valence-corrected chi connectivity index (χ0v) is 10.8. The van der Waals surface area contributed by atoms with Gasteiger partial charge in [-0.2, -0.15) is 0 Å². The molecule has 4 nitrogen and oxygen atoms in total. The second kappa shape index (κ2) is 6.26. The number of esters is 1. The number of carbonyl (C=O) groups is 1. The first-order valence-corrected chi connectivity index (χ1v) is 6.81. The molecule has 0 spiro atoms.